The van der Waals surface area contributed by atoms with Crippen LogP contribution in [0.1, 0.15) is 25.0 Å². The van der Waals surface area contributed by atoms with Crippen LogP contribution in [0, 0.1) is 0 Å². The third kappa shape index (κ3) is 5.46. The van der Waals surface area contributed by atoms with Gasteiger partial charge in [-0.3, -0.25) is 0 Å². The van der Waals surface area contributed by atoms with Crippen LogP contribution < -0.4 is 9.80 Å². The zero-order valence-electron chi connectivity index (χ0n) is 34.0. The highest BCUT2D eigenvalue weighted by molar-refractivity contribution is 6.11. The van der Waals surface area contributed by atoms with Crippen LogP contribution in [0.5, 0.6) is 0 Å². The first-order valence-electron chi connectivity index (χ1n) is 21.0. The summed E-state index contributed by atoms with van der Waals surface area (Å²) in [5, 5.41) is 4.65. The van der Waals surface area contributed by atoms with Gasteiger partial charge in [-0.25, -0.2) is 0 Å². The summed E-state index contributed by atoms with van der Waals surface area (Å²) in [6.07, 6.45) is 0. The Bertz CT molecular complexity index is 3470. The van der Waals surface area contributed by atoms with Crippen molar-refractivity contribution in [3.8, 4) is 16.8 Å². The number of para-hydroxylation sites is 5. The second kappa shape index (κ2) is 13.6. The fourth-order valence-electron chi connectivity index (χ4n) is 9.92. The molecule has 0 saturated carbocycles. The first-order chi connectivity index (χ1) is 30.0. The number of anilines is 6. The molecule has 0 radical (unpaired) electrons. The van der Waals surface area contributed by atoms with E-state index in [1.165, 1.54) is 38.5 Å². The molecule has 1 aliphatic rings. The van der Waals surface area contributed by atoms with Gasteiger partial charge in [-0.05, 0) is 107 Å². The molecule has 0 fully saturated rings. The molecule has 4 heteroatoms. The van der Waals surface area contributed by atoms with Crippen molar-refractivity contribution < 1.29 is 4.42 Å². The molecule has 290 valence electrons. The summed E-state index contributed by atoms with van der Waals surface area (Å²) in [6.45, 7) is 4.71. The largest absolute Gasteiger partial charge is 0.454 e. The predicted octanol–water partition coefficient (Wildman–Crippen LogP) is 15.9. The van der Waals surface area contributed by atoms with E-state index in [0.717, 1.165) is 67.3 Å². The van der Waals surface area contributed by atoms with Gasteiger partial charge in [0.15, 0.2) is 5.58 Å². The molecule has 9 aromatic carbocycles. The van der Waals surface area contributed by atoms with E-state index in [9.17, 15) is 0 Å². The normalized spacial score (nSPS) is 12.9. The lowest BCUT2D eigenvalue weighted by Crippen LogP contribution is -2.17. The first-order valence-corrected chi connectivity index (χ1v) is 21.0. The third-order valence-corrected chi connectivity index (χ3v) is 12.7. The molecular formula is C57H41N3O. The SMILES string of the molecule is CC1(C)c2ccccc2-c2ccc(N(c3cccc(N(c4ccccc4)c4cccc5c4oc4ccccc45)c3)c3ccc4c5ccccc5n(-c5ccccc5)c4c3)cc21. The molecule has 12 rings (SSSR count). The van der Waals surface area contributed by atoms with E-state index < -0.39 is 0 Å². The predicted molar refractivity (Wildman–Crippen MR) is 255 cm³/mol. The van der Waals surface area contributed by atoms with Crippen LogP contribution >= 0.6 is 0 Å². The number of furan rings is 1. The smallest absolute Gasteiger partial charge is 0.159 e. The molecule has 2 heterocycles. The number of nitrogens with zero attached hydrogens (tertiary/aromatic N) is 3. The molecule has 11 aromatic rings. The van der Waals surface area contributed by atoms with Crippen molar-refractivity contribution in [2.75, 3.05) is 9.80 Å². The Labute approximate surface area is 354 Å². The van der Waals surface area contributed by atoms with Gasteiger partial charge in [-0.15, -0.1) is 0 Å². The van der Waals surface area contributed by atoms with E-state index in [1.807, 2.05) is 6.07 Å². The minimum absolute atomic E-state index is 0.158. The van der Waals surface area contributed by atoms with Crippen molar-refractivity contribution in [3.05, 3.63) is 223 Å². The molecule has 0 N–H and O–H groups in total. The monoisotopic (exact) mass is 783 g/mol. The number of rotatable bonds is 7. The second-order valence-corrected chi connectivity index (χ2v) is 16.6. The molecule has 0 saturated heterocycles. The Morgan fingerprint density at radius 2 is 0.984 bits per heavy atom. The Kier molecular flexibility index (Phi) is 7.85. The number of aromatic nitrogens is 1. The molecule has 0 aliphatic heterocycles. The Morgan fingerprint density at radius 3 is 1.84 bits per heavy atom. The van der Waals surface area contributed by atoms with Gasteiger partial charge in [0.05, 0.1) is 16.7 Å². The summed E-state index contributed by atoms with van der Waals surface area (Å²) in [5.74, 6) is 0. The fourth-order valence-corrected chi connectivity index (χ4v) is 9.92. The van der Waals surface area contributed by atoms with Crippen LogP contribution in [0.25, 0.3) is 60.6 Å². The number of hydrogen-bond donors (Lipinski definition) is 0. The number of benzene rings is 9. The quantitative estimate of drug-likeness (QED) is 0.161. The maximum absolute atomic E-state index is 6.67. The van der Waals surface area contributed by atoms with Gasteiger partial charge in [-0.1, -0.05) is 141 Å². The molecule has 4 nitrogen and oxygen atoms in total. The number of hydrogen-bond acceptors (Lipinski definition) is 3. The molecule has 0 spiro atoms. The molecule has 0 unspecified atom stereocenters. The van der Waals surface area contributed by atoms with Crippen LogP contribution in [0.15, 0.2) is 217 Å². The van der Waals surface area contributed by atoms with Gasteiger partial charge in [0.25, 0.3) is 0 Å². The Morgan fingerprint density at radius 1 is 0.393 bits per heavy atom. The van der Waals surface area contributed by atoms with Crippen molar-refractivity contribution in [3.63, 3.8) is 0 Å². The molecule has 1 aliphatic carbocycles. The van der Waals surface area contributed by atoms with Gasteiger partial charge in [0, 0.05) is 61.1 Å². The minimum Gasteiger partial charge on any atom is -0.454 e. The van der Waals surface area contributed by atoms with Crippen LogP contribution in [0.4, 0.5) is 34.1 Å². The Hall–Kier alpha value is -7.82. The van der Waals surface area contributed by atoms with E-state index in [2.05, 4.69) is 234 Å². The highest BCUT2D eigenvalue weighted by Gasteiger charge is 2.36. The van der Waals surface area contributed by atoms with E-state index in [-0.39, 0.29) is 5.41 Å². The summed E-state index contributed by atoms with van der Waals surface area (Å²) in [6, 6.07) is 76.6. The lowest BCUT2D eigenvalue weighted by Gasteiger charge is -2.30. The lowest BCUT2D eigenvalue weighted by atomic mass is 9.82. The first kappa shape index (κ1) is 35.2. The van der Waals surface area contributed by atoms with E-state index in [1.54, 1.807) is 0 Å². The topological polar surface area (TPSA) is 24.6 Å². The number of fused-ring (bicyclic) bond motifs is 9. The molecule has 61 heavy (non-hydrogen) atoms. The standard InChI is InChI=1S/C57H41N3O/c1-57(2)50-27-12-9-23-44(50)45-33-31-42(36-51(45)57)58(43-32-34-47-46-24-10-13-28-52(46)60(54(47)37-43)39-19-7-4-8-20-39)40-21-15-22-41(35-40)59(38-17-5-3-6-18-38)53-29-16-26-49-48-25-11-14-30-55(48)61-56(49)53/h3-37H,1-2H3. The highest BCUT2D eigenvalue weighted by atomic mass is 16.3. The van der Waals surface area contributed by atoms with Crippen molar-refractivity contribution >= 4 is 77.9 Å². The molecule has 2 aromatic heterocycles. The summed E-state index contributed by atoms with van der Waals surface area (Å²) in [5.41, 5.74) is 16.6. The minimum atomic E-state index is -0.158. The van der Waals surface area contributed by atoms with E-state index in [0.29, 0.717) is 0 Å². The average molecular weight is 784 g/mol. The van der Waals surface area contributed by atoms with Gasteiger partial charge < -0.3 is 18.8 Å². The van der Waals surface area contributed by atoms with E-state index in [4.69, 9.17) is 4.42 Å². The fraction of sp³-hybridized carbons (Fsp3) is 0.0526. The Balaban J connectivity index is 1.09. The van der Waals surface area contributed by atoms with Crippen molar-refractivity contribution in [2.24, 2.45) is 0 Å². The molecule has 0 bridgehead atoms. The average Bonchev–Trinajstić information content (AvgIpc) is 3.93. The zero-order chi connectivity index (χ0) is 40.7. The molecular weight excluding hydrogens is 743 g/mol. The second-order valence-electron chi connectivity index (χ2n) is 16.6. The zero-order valence-corrected chi connectivity index (χ0v) is 34.0. The summed E-state index contributed by atoms with van der Waals surface area (Å²) < 4.78 is 9.07. The van der Waals surface area contributed by atoms with Crippen LogP contribution in [0.2, 0.25) is 0 Å². The third-order valence-electron chi connectivity index (χ3n) is 12.7. The summed E-state index contributed by atoms with van der Waals surface area (Å²) in [4.78, 5) is 4.76. The van der Waals surface area contributed by atoms with Gasteiger partial charge >= 0.3 is 0 Å². The maximum Gasteiger partial charge on any atom is 0.159 e. The van der Waals surface area contributed by atoms with Crippen molar-refractivity contribution in [1.82, 2.24) is 4.57 Å². The van der Waals surface area contributed by atoms with Gasteiger partial charge in [0.1, 0.15) is 5.58 Å². The van der Waals surface area contributed by atoms with Gasteiger partial charge in [-0.2, -0.15) is 0 Å². The van der Waals surface area contributed by atoms with Crippen molar-refractivity contribution in [2.45, 2.75) is 19.3 Å². The summed E-state index contributed by atoms with van der Waals surface area (Å²) in [7, 11) is 0. The molecule has 0 atom stereocenters. The van der Waals surface area contributed by atoms with E-state index >= 15 is 0 Å². The van der Waals surface area contributed by atoms with Crippen LogP contribution in [-0.4, -0.2) is 4.57 Å². The maximum atomic E-state index is 6.67. The van der Waals surface area contributed by atoms with Crippen molar-refractivity contribution in [1.29, 1.82) is 0 Å². The van der Waals surface area contributed by atoms with Crippen LogP contribution in [-0.2, 0) is 5.41 Å². The summed E-state index contributed by atoms with van der Waals surface area (Å²) >= 11 is 0. The molecule has 0 amide bonds. The van der Waals surface area contributed by atoms with Crippen LogP contribution in [0.3, 0.4) is 0 Å². The van der Waals surface area contributed by atoms with Gasteiger partial charge in [0.2, 0.25) is 0 Å². The lowest BCUT2D eigenvalue weighted by molar-refractivity contribution is 0.660. The highest BCUT2D eigenvalue weighted by Crippen LogP contribution is 2.51.